The Morgan fingerprint density at radius 3 is 2.73 bits per heavy atom. The SMILES string of the molecule is CN(Cc1ccccc1)C(=O)CNC(=O)C1CNCCO1.Cl. The van der Waals surface area contributed by atoms with Crippen molar-refractivity contribution in [3.05, 3.63) is 35.9 Å². The normalized spacial score (nSPS) is 17.2. The monoisotopic (exact) mass is 327 g/mol. The van der Waals surface area contributed by atoms with E-state index in [1.165, 1.54) is 0 Å². The van der Waals surface area contributed by atoms with Crippen LogP contribution in [-0.4, -0.2) is 56.1 Å². The van der Waals surface area contributed by atoms with Crippen LogP contribution in [0, 0.1) is 0 Å². The van der Waals surface area contributed by atoms with Crippen LogP contribution in [0.3, 0.4) is 0 Å². The minimum Gasteiger partial charge on any atom is -0.366 e. The van der Waals surface area contributed by atoms with Crippen LogP contribution in [-0.2, 0) is 20.9 Å². The number of morpholine rings is 1. The van der Waals surface area contributed by atoms with E-state index >= 15 is 0 Å². The fourth-order valence-corrected chi connectivity index (χ4v) is 2.09. The van der Waals surface area contributed by atoms with Gasteiger partial charge in [0.1, 0.15) is 6.10 Å². The van der Waals surface area contributed by atoms with E-state index in [1.807, 2.05) is 30.3 Å². The first-order valence-electron chi connectivity index (χ1n) is 7.05. The quantitative estimate of drug-likeness (QED) is 0.809. The Labute approximate surface area is 136 Å². The lowest BCUT2D eigenvalue weighted by molar-refractivity contribution is -0.138. The summed E-state index contributed by atoms with van der Waals surface area (Å²) in [6.07, 6.45) is -0.508. The summed E-state index contributed by atoms with van der Waals surface area (Å²) in [6.45, 7) is 2.27. The summed E-state index contributed by atoms with van der Waals surface area (Å²) in [5.74, 6) is -0.375. The molecule has 22 heavy (non-hydrogen) atoms. The molecule has 2 amide bonds. The van der Waals surface area contributed by atoms with E-state index in [0.717, 1.165) is 12.1 Å². The Hall–Kier alpha value is -1.63. The second-order valence-corrected chi connectivity index (χ2v) is 5.02. The second-order valence-electron chi connectivity index (χ2n) is 5.02. The third-order valence-electron chi connectivity index (χ3n) is 3.32. The number of nitrogens with zero attached hydrogens (tertiary/aromatic N) is 1. The van der Waals surface area contributed by atoms with E-state index in [-0.39, 0.29) is 30.8 Å². The Bertz CT molecular complexity index is 478. The average molecular weight is 328 g/mol. The average Bonchev–Trinajstić information content (AvgIpc) is 2.54. The first-order valence-corrected chi connectivity index (χ1v) is 7.05. The molecule has 1 fully saturated rings. The maximum absolute atomic E-state index is 12.0. The first-order chi connectivity index (χ1) is 10.2. The number of hydrogen-bond acceptors (Lipinski definition) is 4. The van der Waals surface area contributed by atoms with Gasteiger partial charge in [-0.1, -0.05) is 30.3 Å². The van der Waals surface area contributed by atoms with Crippen molar-refractivity contribution in [1.82, 2.24) is 15.5 Å². The number of carbonyl (C=O) groups excluding carboxylic acids is 2. The zero-order valence-electron chi connectivity index (χ0n) is 12.6. The van der Waals surface area contributed by atoms with Crippen molar-refractivity contribution >= 4 is 24.2 Å². The summed E-state index contributed by atoms with van der Waals surface area (Å²) in [5, 5.41) is 5.70. The Kier molecular flexibility index (Phi) is 7.87. The van der Waals surface area contributed by atoms with Crippen molar-refractivity contribution in [2.24, 2.45) is 0 Å². The van der Waals surface area contributed by atoms with Gasteiger partial charge in [-0.25, -0.2) is 0 Å². The van der Waals surface area contributed by atoms with Gasteiger partial charge in [0, 0.05) is 26.7 Å². The fraction of sp³-hybridized carbons (Fsp3) is 0.467. The van der Waals surface area contributed by atoms with Gasteiger partial charge in [0.2, 0.25) is 5.91 Å². The van der Waals surface area contributed by atoms with Crippen molar-refractivity contribution in [3.63, 3.8) is 0 Å². The summed E-state index contributed by atoms with van der Waals surface area (Å²) in [7, 11) is 1.72. The fourth-order valence-electron chi connectivity index (χ4n) is 2.09. The highest BCUT2D eigenvalue weighted by Gasteiger charge is 2.22. The number of amides is 2. The van der Waals surface area contributed by atoms with Crippen LogP contribution in [0.5, 0.6) is 0 Å². The lowest BCUT2D eigenvalue weighted by atomic mass is 10.2. The van der Waals surface area contributed by atoms with Crippen LogP contribution < -0.4 is 10.6 Å². The van der Waals surface area contributed by atoms with Gasteiger partial charge in [-0.3, -0.25) is 9.59 Å². The van der Waals surface area contributed by atoms with E-state index < -0.39 is 6.10 Å². The molecule has 122 valence electrons. The molecule has 0 spiro atoms. The van der Waals surface area contributed by atoms with Gasteiger partial charge in [-0.15, -0.1) is 12.4 Å². The zero-order valence-corrected chi connectivity index (χ0v) is 13.4. The topological polar surface area (TPSA) is 70.7 Å². The second kappa shape index (κ2) is 9.40. The maximum Gasteiger partial charge on any atom is 0.250 e. The predicted molar refractivity (Wildman–Crippen MR) is 85.8 cm³/mol. The Morgan fingerprint density at radius 2 is 2.09 bits per heavy atom. The molecular weight excluding hydrogens is 306 g/mol. The lowest BCUT2D eigenvalue weighted by Crippen LogP contribution is -2.49. The molecule has 6 nitrogen and oxygen atoms in total. The minimum atomic E-state index is -0.508. The summed E-state index contributed by atoms with van der Waals surface area (Å²) >= 11 is 0. The van der Waals surface area contributed by atoms with E-state index in [4.69, 9.17) is 4.74 Å². The molecule has 0 aliphatic carbocycles. The summed E-state index contributed by atoms with van der Waals surface area (Å²) in [6, 6.07) is 9.73. The maximum atomic E-state index is 12.0. The molecule has 2 N–H and O–H groups in total. The highest BCUT2D eigenvalue weighted by atomic mass is 35.5. The van der Waals surface area contributed by atoms with E-state index in [2.05, 4.69) is 10.6 Å². The third kappa shape index (κ3) is 5.63. The van der Waals surface area contributed by atoms with Gasteiger partial charge in [-0.2, -0.15) is 0 Å². The number of hydrogen-bond donors (Lipinski definition) is 2. The number of carbonyl (C=O) groups is 2. The first kappa shape index (κ1) is 18.4. The van der Waals surface area contributed by atoms with Crippen molar-refractivity contribution < 1.29 is 14.3 Å². The van der Waals surface area contributed by atoms with Crippen molar-refractivity contribution in [2.45, 2.75) is 12.6 Å². The van der Waals surface area contributed by atoms with Gasteiger partial charge >= 0.3 is 0 Å². The molecule has 7 heteroatoms. The highest BCUT2D eigenvalue weighted by molar-refractivity contribution is 5.87. The van der Waals surface area contributed by atoms with Gasteiger partial charge in [0.25, 0.3) is 5.91 Å². The molecular formula is C15H22ClN3O3. The van der Waals surface area contributed by atoms with Gasteiger partial charge in [0.15, 0.2) is 0 Å². The van der Waals surface area contributed by atoms with Crippen LogP contribution in [0.15, 0.2) is 30.3 Å². The largest absolute Gasteiger partial charge is 0.366 e. The molecule has 1 saturated heterocycles. The van der Waals surface area contributed by atoms with Gasteiger partial charge < -0.3 is 20.3 Å². The van der Waals surface area contributed by atoms with Crippen LogP contribution in [0.4, 0.5) is 0 Å². The number of rotatable bonds is 5. The number of benzene rings is 1. The number of nitrogens with one attached hydrogen (secondary N) is 2. The number of halogens is 1. The van der Waals surface area contributed by atoms with Gasteiger partial charge in [-0.05, 0) is 5.56 Å². The van der Waals surface area contributed by atoms with E-state index in [1.54, 1.807) is 11.9 Å². The molecule has 1 aromatic rings. The Balaban J connectivity index is 0.00000242. The lowest BCUT2D eigenvalue weighted by Gasteiger charge is -2.23. The molecule has 2 rings (SSSR count). The van der Waals surface area contributed by atoms with Crippen LogP contribution >= 0.6 is 12.4 Å². The molecule has 0 aromatic heterocycles. The molecule has 0 radical (unpaired) electrons. The number of ether oxygens (including phenoxy) is 1. The third-order valence-corrected chi connectivity index (χ3v) is 3.32. The molecule has 1 aliphatic rings. The molecule has 1 aliphatic heterocycles. The minimum absolute atomic E-state index is 0. The zero-order chi connectivity index (χ0) is 15.1. The summed E-state index contributed by atoms with van der Waals surface area (Å²) < 4.78 is 5.33. The van der Waals surface area contributed by atoms with Crippen LogP contribution in [0.1, 0.15) is 5.56 Å². The van der Waals surface area contributed by atoms with Crippen molar-refractivity contribution in [3.8, 4) is 0 Å². The smallest absolute Gasteiger partial charge is 0.250 e. The molecule has 1 heterocycles. The Morgan fingerprint density at radius 1 is 1.36 bits per heavy atom. The highest BCUT2D eigenvalue weighted by Crippen LogP contribution is 2.02. The van der Waals surface area contributed by atoms with E-state index in [0.29, 0.717) is 19.7 Å². The number of likely N-dealkylation sites (N-methyl/N-ethyl adjacent to an activating group) is 1. The summed E-state index contributed by atoms with van der Waals surface area (Å²) in [4.78, 5) is 25.4. The molecule has 1 aromatic carbocycles. The molecule has 1 atom stereocenters. The molecule has 0 bridgehead atoms. The van der Waals surface area contributed by atoms with Crippen LogP contribution in [0.2, 0.25) is 0 Å². The summed E-state index contributed by atoms with van der Waals surface area (Å²) in [5.41, 5.74) is 1.06. The standard InChI is InChI=1S/C15H21N3O3.ClH/c1-18(11-12-5-3-2-4-6-12)14(19)10-17-15(20)13-9-16-7-8-21-13;/h2-6,13,16H,7-11H2,1H3,(H,17,20);1H. The van der Waals surface area contributed by atoms with E-state index in [9.17, 15) is 9.59 Å². The van der Waals surface area contributed by atoms with Gasteiger partial charge in [0.05, 0.1) is 13.2 Å². The molecule has 0 saturated carbocycles. The van der Waals surface area contributed by atoms with Crippen molar-refractivity contribution in [1.29, 1.82) is 0 Å². The predicted octanol–water partition coefficient (Wildman–Crippen LogP) is 0.171. The van der Waals surface area contributed by atoms with Crippen molar-refractivity contribution in [2.75, 3.05) is 33.3 Å². The molecule has 1 unspecified atom stereocenters. The van der Waals surface area contributed by atoms with Crippen LogP contribution in [0.25, 0.3) is 0 Å².